The third kappa shape index (κ3) is 2.42. The summed E-state index contributed by atoms with van der Waals surface area (Å²) in [6, 6.07) is 7.78. The van der Waals surface area contributed by atoms with E-state index in [9.17, 15) is 4.79 Å². The molecule has 1 amide bonds. The number of para-hydroxylation sites is 1. The summed E-state index contributed by atoms with van der Waals surface area (Å²) in [4.78, 5) is 22.8. The van der Waals surface area contributed by atoms with Crippen LogP contribution in [-0.4, -0.2) is 36.0 Å². The number of hydrogen-bond acceptors (Lipinski definition) is 4. The number of nitrogens with one attached hydrogen (secondary N) is 1. The fourth-order valence-electron chi connectivity index (χ4n) is 2.90. The van der Waals surface area contributed by atoms with Crippen molar-refractivity contribution in [1.82, 2.24) is 15.3 Å². The maximum absolute atomic E-state index is 12.0. The molecule has 1 aromatic carbocycles. The maximum atomic E-state index is 12.0. The summed E-state index contributed by atoms with van der Waals surface area (Å²) in [5.74, 6) is 0.868. The first-order valence-corrected chi connectivity index (χ1v) is 7.31. The quantitative estimate of drug-likeness (QED) is 0.865. The molecule has 1 atom stereocenters. The molecule has 0 saturated carbocycles. The van der Waals surface area contributed by atoms with Gasteiger partial charge in [-0.05, 0) is 37.1 Å². The molecule has 5 nitrogen and oxygen atoms in total. The number of carbonyl (C=O) groups excluding carboxylic acids is 1. The lowest BCUT2D eigenvalue weighted by Crippen LogP contribution is -2.39. The van der Waals surface area contributed by atoms with Gasteiger partial charge in [-0.1, -0.05) is 12.1 Å². The Bertz CT molecular complexity index is 705. The predicted molar refractivity (Wildman–Crippen MR) is 83.6 cm³/mol. The zero-order chi connectivity index (χ0) is 15.0. The molecule has 110 valence electrons. The van der Waals surface area contributed by atoms with E-state index in [1.54, 1.807) is 7.05 Å². The van der Waals surface area contributed by atoms with Gasteiger partial charge in [0.25, 0.3) is 0 Å². The van der Waals surface area contributed by atoms with E-state index in [1.165, 1.54) is 0 Å². The number of carbonyl (C=O) groups is 1. The highest BCUT2D eigenvalue weighted by molar-refractivity contribution is 6.28. The van der Waals surface area contributed by atoms with Gasteiger partial charge in [0.15, 0.2) is 0 Å². The molecule has 2 aromatic rings. The summed E-state index contributed by atoms with van der Waals surface area (Å²) < 4.78 is 0. The molecule has 0 aliphatic carbocycles. The van der Waals surface area contributed by atoms with Gasteiger partial charge in [-0.2, -0.15) is 4.98 Å². The number of aromatic nitrogens is 2. The van der Waals surface area contributed by atoms with Crippen molar-refractivity contribution in [2.75, 3.05) is 25.0 Å². The van der Waals surface area contributed by atoms with Crippen LogP contribution in [0.1, 0.15) is 13.3 Å². The van der Waals surface area contributed by atoms with Crippen molar-refractivity contribution in [2.45, 2.75) is 13.3 Å². The lowest BCUT2D eigenvalue weighted by Gasteiger charge is -2.24. The Morgan fingerprint density at radius 2 is 2.14 bits per heavy atom. The summed E-state index contributed by atoms with van der Waals surface area (Å²) in [6.07, 6.45) is 0.794. The lowest BCUT2D eigenvalue weighted by atomic mass is 9.89. The number of anilines is 1. The second-order valence-corrected chi connectivity index (χ2v) is 5.98. The molecule has 2 heterocycles. The van der Waals surface area contributed by atoms with Crippen LogP contribution in [0.3, 0.4) is 0 Å². The van der Waals surface area contributed by atoms with Crippen LogP contribution in [0.25, 0.3) is 10.9 Å². The van der Waals surface area contributed by atoms with E-state index in [0.717, 1.165) is 29.7 Å². The van der Waals surface area contributed by atoms with Crippen LogP contribution < -0.4 is 10.2 Å². The molecule has 1 aromatic heterocycles. The monoisotopic (exact) mass is 304 g/mol. The van der Waals surface area contributed by atoms with Gasteiger partial charge in [-0.15, -0.1) is 0 Å². The summed E-state index contributed by atoms with van der Waals surface area (Å²) >= 11 is 6.03. The average molecular weight is 305 g/mol. The first kappa shape index (κ1) is 14.1. The van der Waals surface area contributed by atoms with Crippen molar-refractivity contribution in [3.8, 4) is 0 Å². The number of fused-ring (bicyclic) bond motifs is 1. The van der Waals surface area contributed by atoms with Crippen molar-refractivity contribution in [3.63, 3.8) is 0 Å². The molecular weight excluding hydrogens is 288 g/mol. The van der Waals surface area contributed by atoms with Crippen LogP contribution in [0.4, 0.5) is 5.82 Å². The van der Waals surface area contributed by atoms with Gasteiger partial charge >= 0.3 is 0 Å². The topological polar surface area (TPSA) is 58.1 Å². The minimum absolute atomic E-state index is 0.0643. The lowest BCUT2D eigenvalue weighted by molar-refractivity contribution is -0.128. The summed E-state index contributed by atoms with van der Waals surface area (Å²) in [5.41, 5.74) is 0.425. The van der Waals surface area contributed by atoms with E-state index in [1.807, 2.05) is 31.2 Å². The highest BCUT2D eigenvalue weighted by Gasteiger charge is 2.40. The molecule has 1 aliphatic heterocycles. The summed E-state index contributed by atoms with van der Waals surface area (Å²) in [5, 5.41) is 3.94. The molecule has 3 rings (SSSR count). The number of benzene rings is 1. The first-order chi connectivity index (χ1) is 10.0. The van der Waals surface area contributed by atoms with Crippen molar-refractivity contribution >= 4 is 34.2 Å². The highest BCUT2D eigenvalue weighted by Crippen LogP contribution is 2.35. The van der Waals surface area contributed by atoms with E-state index < -0.39 is 5.41 Å². The van der Waals surface area contributed by atoms with Gasteiger partial charge in [0, 0.05) is 25.5 Å². The van der Waals surface area contributed by atoms with Crippen LogP contribution in [0, 0.1) is 5.41 Å². The second-order valence-electron chi connectivity index (χ2n) is 5.64. The fraction of sp³-hybridized carbons (Fsp3) is 0.400. The number of halogens is 1. The standard InChI is InChI=1S/C15H17ClN4O/c1-15(13(21)17-2)7-8-20(9-15)12-10-5-3-4-6-11(10)18-14(16)19-12/h3-6H,7-9H2,1-2H3,(H,17,21). The number of rotatable bonds is 2. The van der Waals surface area contributed by atoms with E-state index in [-0.39, 0.29) is 11.2 Å². The minimum atomic E-state index is -0.396. The van der Waals surface area contributed by atoms with Crippen molar-refractivity contribution < 1.29 is 4.79 Å². The number of hydrogen-bond donors (Lipinski definition) is 1. The predicted octanol–water partition coefficient (Wildman–Crippen LogP) is 2.25. The van der Waals surface area contributed by atoms with Crippen molar-refractivity contribution in [2.24, 2.45) is 5.41 Å². The molecule has 1 fully saturated rings. The average Bonchev–Trinajstić information content (AvgIpc) is 2.89. The Morgan fingerprint density at radius 1 is 1.38 bits per heavy atom. The maximum Gasteiger partial charge on any atom is 0.227 e. The van der Waals surface area contributed by atoms with Crippen LogP contribution >= 0.6 is 11.6 Å². The van der Waals surface area contributed by atoms with Gasteiger partial charge in [0.05, 0.1) is 10.9 Å². The van der Waals surface area contributed by atoms with E-state index in [0.29, 0.717) is 6.54 Å². The second kappa shape index (κ2) is 5.15. The van der Waals surface area contributed by atoms with Gasteiger partial charge < -0.3 is 10.2 Å². The van der Waals surface area contributed by atoms with Gasteiger partial charge in [0.1, 0.15) is 5.82 Å². The molecular formula is C15H17ClN4O. The van der Waals surface area contributed by atoms with Gasteiger partial charge in [0.2, 0.25) is 11.2 Å². The molecule has 0 radical (unpaired) electrons. The van der Waals surface area contributed by atoms with E-state index >= 15 is 0 Å². The Kier molecular flexibility index (Phi) is 3.45. The molecule has 0 spiro atoms. The molecule has 1 N–H and O–H groups in total. The molecule has 6 heteroatoms. The SMILES string of the molecule is CNC(=O)C1(C)CCN(c2nc(Cl)nc3ccccc23)C1. The van der Waals surface area contributed by atoms with Crippen LogP contribution in [0.5, 0.6) is 0 Å². The summed E-state index contributed by atoms with van der Waals surface area (Å²) in [7, 11) is 1.67. The zero-order valence-corrected chi connectivity index (χ0v) is 12.8. The smallest absolute Gasteiger partial charge is 0.227 e. The van der Waals surface area contributed by atoms with Crippen molar-refractivity contribution in [3.05, 3.63) is 29.5 Å². The third-order valence-corrected chi connectivity index (χ3v) is 4.27. The van der Waals surface area contributed by atoms with Crippen molar-refractivity contribution in [1.29, 1.82) is 0 Å². The Morgan fingerprint density at radius 3 is 2.90 bits per heavy atom. The third-order valence-electron chi connectivity index (χ3n) is 4.10. The Labute approximate surface area is 128 Å². The molecule has 1 aliphatic rings. The van der Waals surface area contributed by atoms with Crippen LogP contribution in [-0.2, 0) is 4.79 Å². The minimum Gasteiger partial charge on any atom is -0.359 e. The fourth-order valence-corrected chi connectivity index (χ4v) is 3.07. The van der Waals surface area contributed by atoms with Gasteiger partial charge in [-0.25, -0.2) is 4.98 Å². The molecule has 21 heavy (non-hydrogen) atoms. The van der Waals surface area contributed by atoms with Gasteiger partial charge in [-0.3, -0.25) is 4.79 Å². The highest BCUT2D eigenvalue weighted by atomic mass is 35.5. The zero-order valence-electron chi connectivity index (χ0n) is 12.1. The largest absolute Gasteiger partial charge is 0.359 e. The van der Waals surface area contributed by atoms with Crippen LogP contribution in [0.15, 0.2) is 24.3 Å². The Hall–Kier alpha value is -1.88. The van der Waals surface area contributed by atoms with E-state index in [2.05, 4.69) is 20.2 Å². The summed E-state index contributed by atoms with van der Waals surface area (Å²) in [6.45, 7) is 3.39. The van der Waals surface area contributed by atoms with E-state index in [4.69, 9.17) is 11.6 Å². The number of nitrogens with zero attached hydrogens (tertiary/aromatic N) is 3. The molecule has 1 saturated heterocycles. The Balaban J connectivity index is 2.01. The normalized spacial score (nSPS) is 21.8. The first-order valence-electron chi connectivity index (χ1n) is 6.93. The molecule has 0 bridgehead atoms. The number of amides is 1. The van der Waals surface area contributed by atoms with Crippen LogP contribution in [0.2, 0.25) is 5.28 Å². The molecule has 1 unspecified atom stereocenters.